The van der Waals surface area contributed by atoms with Gasteiger partial charge < -0.3 is 10.1 Å². The smallest absolute Gasteiger partial charge is 0.247 e. The molecule has 0 aliphatic carbocycles. The Labute approximate surface area is 210 Å². The van der Waals surface area contributed by atoms with Crippen LogP contribution in [0.2, 0.25) is 0 Å². The topological polar surface area (TPSA) is 86.9 Å². The van der Waals surface area contributed by atoms with Gasteiger partial charge in [-0.3, -0.25) is 9.48 Å². The number of halogens is 1. The quantitative estimate of drug-likeness (QED) is 0.317. The molecule has 8 nitrogen and oxygen atoms in total. The molecule has 176 valence electrons. The first-order chi connectivity index (χ1) is 17.0. The van der Waals surface area contributed by atoms with E-state index in [1.165, 1.54) is 0 Å². The fourth-order valence-corrected chi connectivity index (χ4v) is 4.28. The molecule has 0 bridgehead atoms. The molecule has 0 unspecified atom stereocenters. The number of benzene rings is 2. The van der Waals surface area contributed by atoms with Crippen molar-refractivity contribution in [3.63, 3.8) is 0 Å². The molecule has 3 aromatic heterocycles. The van der Waals surface area contributed by atoms with E-state index in [4.69, 9.17) is 4.74 Å². The molecule has 3 heterocycles. The third-order valence-corrected chi connectivity index (χ3v) is 6.20. The van der Waals surface area contributed by atoms with Crippen LogP contribution in [-0.4, -0.2) is 37.6 Å². The maximum atomic E-state index is 12.8. The van der Waals surface area contributed by atoms with Gasteiger partial charge in [-0.1, -0.05) is 40.2 Å². The lowest BCUT2D eigenvalue weighted by Gasteiger charge is -2.07. The summed E-state index contributed by atoms with van der Waals surface area (Å²) in [6.45, 7) is 2.57. The van der Waals surface area contributed by atoms with Crippen molar-refractivity contribution in [2.45, 2.75) is 20.0 Å². The van der Waals surface area contributed by atoms with Crippen LogP contribution in [0.3, 0.4) is 0 Å². The van der Waals surface area contributed by atoms with E-state index >= 15 is 0 Å². The second-order valence-electron chi connectivity index (χ2n) is 8.10. The molecule has 1 amide bonds. The number of aryl methyl sites for hydroxylation is 1. The number of methoxy groups -OCH3 is 1. The van der Waals surface area contributed by atoms with E-state index in [1.54, 1.807) is 28.7 Å². The van der Waals surface area contributed by atoms with Crippen LogP contribution in [0.15, 0.2) is 77.5 Å². The number of carbonyl (C=O) groups is 1. The molecule has 0 fully saturated rings. The van der Waals surface area contributed by atoms with Gasteiger partial charge in [-0.25, -0.2) is 9.67 Å². The van der Waals surface area contributed by atoms with E-state index in [0.717, 1.165) is 38.0 Å². The highest BCUT2D eigenvalue weighted by Gasteiger charge is 2.16. The fraction of sp³-hybridized carbons (Fsp3) is 0.154. The zero-order valence-electron chi connectivity index (χ0n) is 19.3. The summed E-state index contributed by atoms with van der Waals surface area (Å²) in [4.78, 5) is 17.3. The Bertz CT molecular complexity index is 1490. The summed E-state index contributed by atoms with van der Waals surface area (Å²) < 4.78 is 9.71. The minimum Gasteiger partial charge on any atom is -0.497 e. The summed E-state index contributed by atoms with van der Waals surface area (Å²) in [6, 6.07) is 19.6. The molecule has 0 aliphatic rings. The first-order valence-electron chi connectivity index (χ1n) is 11.0. The number of hydrogen-bond acceptors (Lipinski definition) is 5. The molecule has 0 saturated heterocycles. The Kier molecular flexibility index (Phi) is 6.33. The number of nitrogens with zero attached hydrogens (tertiary/aromatic N) is 5. The lowest BCUT2D eigenvalue weighted by atomic mass is 10.0. The number of nitrogens with one attached hydrogen (secondary N) is 1. The van der Waals surface area contributed by atoms with Crippen LogP contribution < -0.4 is 10.1 Å². The maximum Gasteiger partial charge on any atom is 0.247 e. The van der Waals surface area contributed by atoms with Gasteiger partial charge in [0.2, 0.25) is 5.91 Å². The third-order valence-electron chi connectivity index (χ3n) is 5.67. The second kappa shape index (κ2) is 9.71. The molecular weight excluding hydrogens is 508 g/mol. The minimum absolute atomic E-state index is 0.0307. The van der Waals surface area contributed by atoms with Crippen molar-refractivity contribution in [2.75, 3.05) is 12.4 Å². The summed E-state index contributed by atoms with van der Waals surface area (Å²) in [6.07, 6.45) is 3.58. The highest BCUT2D eigenvalue weighted by atomic mass is 79.9. The van der Waals surface area contributed by atoms with Crippen molar-refractivity contribution < 1.29 is 9.53 Å². The van der Waals surface area contributed by atoms with Crippen molar-refractivity contribution in [1.29, 1.82) is 0 Å². The third kappa shape index (κ3) is 4.95. The lowest BCUT2D eigenvalue weighted by molar-refractivity contribution is -0.116. The number of anilines is 1. The molecule has 5 rings (SSSR count). The predicted octanol–water partition coefficient (Wildman–Crippen LogP) is 5.06. The number of ether oxygens (including phenoxy) is 1. The normalized spacial score (nSPS) is 11.1. The lowest BCUT2D eigenvalue weighted by Crippen LogP contribution is -2.20. The van der Waals surface area contributed by atoms with Gasteiger partial charge >= 0.3 is 0 Å². The first-order valence-corrected chi connectivity index (χ1v) is 11.8. The molecule has 2 aromatic carbocycles. The predicted molar refractivity (Wildman–Crippen MR) is 138 cm³/mol. The number of pyridine rings is 1. The van der Waals surface area contributed by atoms with Gasteiger partial charge in [-0.15, -0.1) is 0 Å². The average molecular weight is 531 g/mol. The van der Waals surface area contributed by atoms with Gasteiger partial charge in [0, 0.05) is 28.3 Å². The molecule has 0 spiro atoms. The van der Waals surface area contributed by atoms with E-state index in [2.05, 4.69) is 36.4 Å². The zero-order chi connectivity index (χ0) is 24.4. The number of hydrogen-bond donors (Lipinski definition) is 1. The Balaban J connectivity index is 1.32. The highest BCUT2D eigenvalue weighted by Crippen LogP contribution is 2.30. The Morgan fingerprint density at radius 3 is 2.54 bits per heavy atom. The molecule has 5 aromatic rings. The standard InChI is InChI=1S/C26H23BrN6O2/c1-17-25-22(19-5-9-21(35-2)10-6-19)11-13-28-26(25)33(30-17)16-24(34)29-23-12-14-32(31-23)15-18-3-7-20(27)8-4-18/h3-14H,15-16H2,1-2H3,(H,29,31,34). The maximum absolute atomic E-state index is 12.8. The SMILES string of the molecule is COc1ccc(-c2ccnc3c2c(C)nn3CC(=O)Nc2ccn(Cc3ccc(Br)cc3)n2)cc1. The van der Waals surface area contributed by atoms with Crippen LogP contribution >= 0.6 is 15.9 Å². The van der Waals surface area contributed by atoms with Crippen molar-refractivity contribution in [3.05, 3.63) is 88.8 Å². The van der Waals surface area contributed by atoms with Crippen molar-refractivity contribution in [1.82, 2.24) is 24.5 Å². The molecule has 0 aliphatic heterocycles. The molecular formula is C26H23BrN6O2. The van der Waals surface area contributed by atoms with Gasteiger partial charge in [-0.05, 0) is 53.9 Å². The van der Waals surface area contributed by atoms with Gasteiger partial charge in [0.1, 0.15) is 12.3 Å². The summed E-state index contributed by atoms with van der Waals surface area (Å²) in [5.41, 5.74) is 4.62. The zero-order valence-corrected chi connectivity index (χ0v) is 20.9. The average Bonchev–Trinajstić information content (AvgIpc) is 3.44. The number of rotatable bonds is 7. The van der Waals surface area contributed by atoms with Crippen LogP contribution in [-0.2, 0) is 17.9 Å². The van der Waals surface area contributed by atoms with Crippen LogP contribution in [0.25, 0.3) is 22.2 Å². The van der Waals surface area contributed by atoms with Gasteiger partial charge in [0.25, 0.3) is 0 Å². The first kappa shape index (κ1) is 22.8. The Hall–Kier alpha value is -3.98. The van der Waals surface area contributed by atoms with Gasteiger partial charge in [0.05, 0.1) is 19.3 Å². The Morgan fingerprint density at radius 1 is 1.03 bits per heavy atom. The summed E-state index contributed by atoms with van der Waals surface area (Å²) in [5, 5.41) is 12.8. The van der Waals surface area contributed by atoms with Gasteiger partial charge in [-0.2, -0.15) is 10.2 Å². The van der Waals surface area contributed by atoms with Crippen molar-refractivity contribution in [2.24, 2.45) is 0 Å². The van der Waals surface area contributed by atoms with E-state index in [1.807, 2.05) is 67.7 Å². The molecule has 0 atom stereocenters. The van der Waals surface area contributed by atoms with E-state index in [0.29, 0.717) is 18.0 Å². The summed E-state index contributed by atoms with van der Waals surface area (Å²) in [7, 11) is 1.64. The molecule has 0 radical (unpaired) electrons. The van der Waals surface area contributed by atoms with Crippen LogP contribution in [0.4, 0.5) is 5.82 Å². The largest absolute Gasteiger partial charge is 0.497 e. The molecule has 1 N–H and O–H groups in total. The number of fused-ring (bicyclic) bond motifs is 1. The molecule has 0 saturated carbocycles. The number of carbonyl (C=O) groups excluding carboxylic acids is 1. The molecule has 9 heteroatoms. The Morgan fingerprint density at radius 2 is 1.80 bits per heavy atom. The highest BCUT2D eigenvalue weighted by molar-refractivity contribution is 9.10. The number of aromatic nitrogens is 5. The van der Waals surface area contributed by atoms with E-state index < -0.39 is 0 Å². The van der Waals surface area contributed by atoms with Gasteiger partial charge in [0.15, 0.2) is 11.5 Å². The van der Waals surface area contributed by atoms with Crippen LogP contribution in [0.1, 0.15) is 11.3 Å². The minimum atomic E-state index is -0.222. The van der Waals surface area contributed by atoms with Crippen molar-refractivity contribution in [3.8, 4) is 16.9 Å². The summed E-state index contributed by atoms with van der Waals surface area (Å²) >= 11 is 3.44. The summed E-state index contributed by atoms with van der Waals surface area (Å²) in [5.74, 6) is 1.06. The van der Waals surface area contributed by atoms with Crippen LogP contribution in [0, 0.1) is 6.92 Å². The second-order valence-corrected chi connectivity index (χ2v) is 9.02. The monoisotopic (exact) mass is 530 g/mol. The number of amides is 1. The van der Waals surface area contributed by atoms with E-state index in [9.17, 15) is 4.79 Å². The van der Waals surface area contributed by atoms with E-state index in [-0.39, 0.29) is 12.5 Å². The molecule has 35 heavy (non-hydrogen) atoms. The van der Waals surface area contributed by atoms with Crippen molar-refractivity contribution >= 4 is 38.7 Å². The van der Waals surface area contributed by atoms with Crippen LogP contribution in [0.5, 0.6) is 5.75 Å². The fourth-order valence-electron chi connectivity index (χ4n) is 4.01.